The smallest absolute Gasteiger partial charge is 0.348 e. The van der Waals surface area contributed by atoms with Crippen molar-refractivity contribution < 1.29 is 9.53 Å². The van der Waals surface area contributed by atoms with Crippen LogP contribution in [0.5, 0.6) is 0 Å². The maximum Gasteiger partial charge on any atom is 0.348 e. The number of aromatic nitrogens is 2. The van der Waals surface area contributed by atoms with Crippen LogP contribution in [-0.4, -0.2) is 65.5 Å². The first-order chi connectivity index (χ1) is 16.2. The highest BCUT2D eigenvalue weighted by Gasteiger charge is 2.21. The summed E-state index contributed by atoms with van der Waals surface area (Å²) in [6.07, 6.45) is 5.81. The van der Waals surface area contributed by atoms with E-state index in [9.17, 15) is 9.59 Å². The number of nitrogens with one attached hydrogen (secondary N) is 1. The number of hydrogen-bond donors (Lipinski definition) is 1. The lowest BCUT2D eigenvalue weighted by Crippen LogP contribution is -2.38. The van der Waals surface area contributed by atoms with Gasteiger partial charge in [-0.1, -0.05) is 42.1 Å². The van der Waals surface area contributed by atoms with E-state index < -0.39 is 0 Å². The average Bonchev–Trinajstić information content (AvgIpc) is 2.85. The molecule has 1 fully saturated rings. The Labute approximate surface area is 199 Å². The molecule has 33 heavy (non-hydrogen) atoms. The highest BCUT2D eigenvalue weighted by atomic mass is 32.2. The molecule has 1 amide bonds. The number of fused-ring (bicyclic) bond motifs is 1. The molecule has 1 saturated heterocycles. The van der Waals surface area contributed by atoms with E-state index in [4.69, 9.17) is 4.74 Å². The Bertz CT molecular complexity index is 974. The van der Waals surface area contributed by atoms with E-state index in [0.717, 1.165) is 82.1 Å². The molecule has 178 valence electrons. The summed E-state index contributed by atoms with van der Waals surface area (Å²) in [6, 6.07) is 10.1. The molecule has 1 N–H and O–H groups in total. The molecule has 0 unspecified atom stereocenters. The van der Waals surface area contributed by atoms with Gasteiger partial charge in [0.1, 0.15) is 5.03 Å². The van der Waals surface area contributed by atoms with Crippen LogP contribution in [0.15, 0.2) is 40.2 Å². The lowest BCUT2D eigenvalue weighted by molar-refractivity contribution is -0.118. The summed E-state index contributed by atoms with van der Waals surface area (Å²) >= 11 is 1.40. The largest absolute Gasteiger partial charge is 0.379 e. The molecule has 0 bridgehead atoms. The Balaban J connectivity index is 1.32. The standard InChI is InChI=1S/C25H34N4O3S/c30-23(26-12-11-20-7-2-1-3-8-20)19-33-24-21-9-4-5-10-22(21)29(25(31)27-24)14-6-13-28-15-17-32-18-16-28/h1-3,7-8H,4-6,9-19H2,(H,26,30). The van der Waals surface area contributed by atoms with Gasteiger partial charge in [0, 0.05) is 44.0 Å². The highest BCUT2D eigenvalue weighted by molar-refractivity contribution is 7.99. The summed E-state index contributed by atoms with van der Waals surface area (Å²) in [5.74, 6) is 0.270. The van der Waals surface area contributed by atoms with Crippen LogP contribution < -0.4 is 11.0 Å². The van der Waals surface area contributed by atoms with Crippen LogP contribution >= 0.6 is 11.8 Å². The van der Waals surface area contributed by atoms with Crippen LogP contribution in [0.1, 0.15) is 36.1 Å². The summed E-state index contributed by atoms with van der Waals surface area (Å²) in [4.78, 5) is 32.0. The number of rotatable bonds is 10. The van der Waals surface area contributed by atoms with Crippen molar-refractivity contribution >= 4 is 17.7 Å². The number of carbonyl (C=O) groups is 1. The molecule has 1 aromatic heterocycles. The molecular formula is C25H34N4O3S. The van der Waals surface area contributed by atoms with Crippen molar-refractivity contribution in [3.8, 4) is 0 Å². The summed E-state index contributed by atoms with van der Waals surface area (Å²) in [5.41, 5.74) is 3.34. The minimum Gasteiger partial charge on any atom is -0.379 e. The lowest BCUT2D eigenvalue weighted by atomic mass is 9.97. The Kier molecular flexibility index (Phi) is 8.97. The van der Waals surface area contributed by atoms with Gasteiger partial charge in [-0.05, 0) is 44.1 Å². The van der Waals surface area contributed by atoms with E-state index in [1.165, 1.54) is 22.9 Å². The zero-order valence-electron chi connectivity index (χ0n) is 19.3. The van der Waals surface area contributed by atoms with Gasteiger partial charge in [-0.15, -0.1) is 0 Å². The van der Waals surface area contributed by atoms with Gasteiger partial charge in [-0.3, -0.25) is 14.3 Å². The summed E-state index contributed by atoms with van der Waals surface area (Å²) in [6.45, 7) is 5.81. The van der Waals surface area contributed by atoms with E-state index in [1.807, 2.05) is 22.8 Å². The fraction of sp³-hybridized carbons (Fsp3) is 0.560. The van der Waals surface area contributed by atoms with Crippen molar-refractivity contribution in [2.75, 3.05) is 45.1 Å². The minimum absolute atomic E-state index is 0.0167. The number of carbonyl (C=O) groups excluding carboxylic acids is 1. The maximum atomic E-state index is 12.9. The van der Waals surface area contributed by atoms with Gasteiger partial charge in [0.25, 0.3) is 0 Å². The van der Waals surface area contributed by atoms with E-state index in [1.54, 1.807) is 0 Å². The monoisotopic (exact) mass is 470 g/mol. The molecule has 1 aromatic carbocycles. The van der Waals surface area contributed by atoms with Gasteiger partial charge < -0.3 is 10.1 Å². The highest BCUT2D eigenvalue weighted by Crippen LogP contribution is 2.28. The second kappa shape index (κ2) is 12.3. The molecule has 2 aliphatic rings. The fourth-order valence-electron chi connectivity index (χ4n) is 4.55. The Morgan fingerprint density at radius 2 is 1.88 bits per heavy atom. The second-order valence-corrected chi connectivity index (χ2v) is 9.63. The number of morpholine rings is 1. The van der Waals surface area contributed by atoms with Crippen LogP contribution in [0.4, 0.5) is 0 Å². The molecule has 0 spiro atoms. The maximum absolute atomic E-state index is 12.9. The summed E-state index contributed by atoms with van der Waals surface area (Å²) in [7, 11) is 0. The third-order valence-corrected chi connectivity index (χ3v) is 7.35. The van der Waals surface area contributed by atoms with Gasteiger partial charge in [0.05, 0.1) is 19.0 Å². The van der Waals surface area contributed by atoms with Gasteiger partial charge in [0.2, 0.25) is 5.91 Å². The molecule has 1 aliphatic heterocycles. The van der Waals surface area contributed by atoms with Gasteiger partial charge in [0.15, 0.2) is 0 Å². The van der Waals surface area contributed by atoms with Gasteiger partial charge in [-0.2, -0.15) is 4.98 Å². The van der Waals surface area contributed by atoms with Crippen molar-refractivity contribution in [3.05, 3.63) is 57.6 Å². The number of thioether (sulfide) groups is 1. The molecule has 1 aliphatic carbocycles. The van der Waals surface area contributed by atoms with Gasteiger partial charge in [-0.25, -0.2) is 4.79 Å². The normalized spacial score (nSPS) is 16.4. The summed E-state index contributed by atoms with van der Waals surface area (Å²) in [5, 5.41) is 3.73. The molecule has 2 aromatic rings. The SMILES string of the molecule is O=C(CSc1nc(=O)n(CCCN2CCOCC2)c2c1CCCC2)NCCc1ccccc1. The zero-order valence-corrected chi connectivity index (χ0v) is 20.1. The Morgan fingerprint density at radius 3 is 2.70 bits per heavy atom. The molecule has 7 nitrogen and oxygen atoms in total. The van der Waals surface area contributed by atoms with Crippen LogP contribution in [0.2, 0.25) is 0 Å². The van der Waals surface area contributed by atoms with E-state index >= 15 is 0 Å². The lowest BCUT2D eigenvalue weighted by Gasteiger charge is -2.27. The molecule has 0 atom stereocenters. The molecular weight excluding hydrogens is 436 g/mol. The quantitative estimate of drug-likeness (QED) is 0.424. The average molecular weight is 471 g/mol. The second-order valence-electron chi connectivity index (χ2n) is 8.67. The Hall–Kier alpha value is -2.16. The van der Waals surface area contributed by atoms with Crippen molar-refractivity contribution in [1.82, 2.24) is 19.8 Å². The number of amides is 1. The van der Waals surface area contributed by atoms with Crippen molar-refractivity contribution in [1.29, 1.82) is 0 Å². The first-order valence-electron chi connectivity index (χ1n) is 12.1. The molecule has 0 saturated carbocycles. The van der Waals surface area contributed by atoms with Gasteiger partial charge >= 0.3 is 5.69 Å². The van der Waals surface area contributed by atoms with Crippen LogP contribution in [0.3, 0.4) is 0 Å². The first kappa shape index (κ1) is 24.0. The molecule has 0 radical (unpaired) electrons. The number of benzene rings is 1. The third kappa shape index (κ3) is 6.91. The number of hydrogen-bond acceptors (Lipinski definition) is 6. The molecule has 8 heteroatoms. The Morgan fingerprint density at radius 1 is 1.09 bits per heavy atom. The molecule has 4 rings (SSSR count). The first-order valence-corrected chi connectivity index (χ1v) is 13.1. The predicted octanol–water partition coefficient (Wildman–Crippen LogP) is 2.30. The van der Waals surface area contributed by atoms with E-state index in [-0.39, 0.29) is 17.3 Å². The van der Waals surface area contributed by atoms with E-state index in [2.05, 4.69) is 27.3 Å². The fourth-order valence-corrected chi connectivity index (χ4v) is 5.46. The van der Waals surface area contributed by atoms with Crippen LogP contribution in [0.25, 0.3) is 0 Å². The zero-order chi connectivity index (χ0) is 22.9. The van der Waals surface area contributed by atoms with Crippen molar-refractivity contribution in [3.63, 3.8) is 0 Å². The van der Waals surface area contributed by atoms with Crippen LogP contribution in [-0.2, 0) is 35.3 Å². The minimum atomic E-state index is -0.176. The van der Waals surface area contributed by atoms with Crippen molar-refractivity contribution in [2.45, 2.75) is 50.1 Å². The van der Waals surface area contributed by atoms with E-state index in [0.29, 0.717) is 13.1 Å². The third-order valence-electron chi connectivity index (χ3n) is 6.33. The predicted molar refractivity (Wildman–Crippen MR) is 131 cm³/mol. The topological polar surface area (TPSA) is 76.5 Å². The summed E-state index contributed by atoms with van der Waals surface area (Å²) < 4.78 is 7.30. The van der Waals surface area contributed by atoms with Crippen molar-refractivity contribution in [2.24, 2.45) is 0 Å². The van der Waals surface area contributed by atoms with Crippen LogP contribution in [0, 0.1) is 0 Å². The number of ether oxygens (including phenoxy) is 1. The molecule has 2 heterocycles. The number of nitrogens with zero attached hydrogens (tertiary/aromatic N) is 3.